The number of carbonyl (C=O) groups excluding carboxylic acids is 1. The fourth-order valence-corrected chi connectivity index (χ4v) is 6.19. The molecule has 1 aliphatic heterocycles. The zero-order valence-corrected chi connectivity index (χ0v) is 20.6. The Kier molecular flexibility index (Phi) is 6.19. The van der Waals surface area contributed by atoms with Crippen LogP contribution in [0.4, 0.5) is 5.82 Å². The molecule has 1 saturated heterocycles. The first-order chi connectivity index (χ1) is 16.0. The quantitative estimate of drug-likeness (QED) is 0.496. The summed E-state index contributed by atoms with van der Waals surface area (Å²) in [6.45, 7) is 9.70. The number of piperazine rings is 1. The van der Waals surface area contributed by atoms with E-state index in [1.165, 1.54) is 22.2 Å². The number of carbonyl (C=O) groups is 1. The molecular weight excluding hydrogens is 428 g/mol. The molecule has 3 heterocycles. The van der Waals surface area contributed by atoms with Crippen LogP contribution in [-0.4, -0.2) is 47.0 Å². The summed E-state index contributed by atoms with van der Waals surface area (Å²) in [5.74, 6) is 3.12. The van der Waals surface area contributed by atoms with Gasteiger partial charge in [-0.15, -0.1) is 11.3 Å². The van der Waals surface area contributed by atoms with Gasteiger partial charge in [-0.25, -0.2) is 9.97 Å². The molecule has 2 aromatic heterocycles. The van der Waals surface area contributed by atoms with Gasteiger partial charge < -0.3 is 9.80 Å². The van der Waals surface area contributed by atoms with Gasteiger partial charge in [0.2, 0.25) is 5.91 Å². The predicted molar refractivity (Wildman–Crippen MR) is 137 cm³/mol. The minimum atomic E-state index is 0.0797. The number of amides is 1. The van der Waals surface area contributed by atoms with Crippen molar-refractivity contribution in [2.24, 2.45) is 5.92 Å². The Labute approximate surface area is 200 Å². The molecule has 1 fully saturated rings. The minimum absolute atomic E-state index is 0.0797. The van der Waals surface area contributed by atoms with Crippen molar-refractivity contribution in [3.63, 3.8) is 0 Å². The standard InChI is InChI=1S/C27H32N4OS/c1-18(2)25-28-26(24-21-11-9-19(3)17-22(21)33-27(24)29-25)31-15-13-30(14-16-31)23(32)12-10-20-7-5-4-6-8-20/h4-8,10,12,18-19H,9,11,13-17H2,1-3H3/b12-10+/t19-/m0/s1. The molecule has 0 spiro atoms. The van der Waals surface area contributed by atoms with E-state index in [2.05, 4.69) is 25.7 Å². The number of benzene rings is 1. The smallest absolute Gasteiger partial charge is 0.246 e. The van der Waals surface area contributed by atoms with E-state index in [1.807, 2.05) is 52.6 Å². The summed E-state index contributed by atoms with van der Waals surface area (Å²) < 4.78 is 0. The molecule has 0 unspecified atom stereocenters. The number of aromatic nitrogens is 2. The largest absolute Gasteiger partial charge is 0.352 e. The van der Waals surface area contributed by atoms with E-state index < -0.39 is 0 Å². The highest BCUT2D eigenvalue weighted by Gasteiger charge is 2.28. The van der Waals surface area contributed by atoms with Gasteiger partial charge in [0.1, 0.15) is 16.5 Å². The van der Waals surface area contributed by atoms with Crippen molar-refractivity contribution in [2.45, 2.75) is 46.0 Å². The second-order valence-corrected chi connectivity index (χ2v) is 10.7. The second-order valence-electron chi connectivity index (χ2n) is 9.65. The third kappa shape index (κ3) is 4.54. The number of nitrogens with zero attached hydrogens (tertiary/aromatic N) is 4. The normalized spacial score (nSPS) is 19.0. The molecule has 0 radical (unpaired) electrons. The Morgan fingerprint density at radius 2 is 1.88 bits per heavy atom. The molecule has 5 nitrogen and oxygen atoms in total. The van der Waals surface area contributed by atoms with Crippen LogP contribution >= 0.6 is 11.3 Å². The number of thiophene rings is 1. The van der Waals surface area contributed by atoms with Crippen molar-refractivity contribution >= 4 is 39.4 Å². The van der Waals surface area contributed by atoms with Crippen molar-refractivity contribution in [3.8, 4) is 0 Å². The van der Waals surface area contributed by atoms with Crippen LogP contribution in [-0.2, 0) is 17.6 Å². The van der Waals surface area contributed by atoms with E-state index in [0.717, 1.165) is 53.9 Å². The van der Waals surface area contributed by atoms with E-state index in [1.54, 1.807) is 6.08 Å². The highest BCUT2D eigenvalue weighted by atomic mass is 32.1. The van der Waals surface area contributed by atoms with Crippen LogP contribution < -0.4 is 4.90 Å². The van der Waals surface area contributed by atoms with Gasteiger partial charge in [-0.2, -0.15) is 0 Å². The average molecular weight is 461 g/mol. The molecule has 2 aliphatic rings. The monoisotopic (exact) mass is 460 g/mol. The van der Waals surface area contributed by atoms with Crippen LogP contribution in [0.2, 0.25) is 0 Å². The summed E-state index contributed by atoms with van der Waals surface area (Å²) in [6.07, 6.45) is 7.11. The van der Waals surface area contributed by atoms with Gasteiger partial charge in [-0.3, -0.25) is 4.79 Å². The molecule has 1 amide bonds. The van der Waals surface area contributed by atoms with Gasteiger partial charge in [-0.1, -0.05) is 51.1 Å². The lowest BCUT2D eigenvalue weighted by Gasteiger charge is -2.35. The van der Waals surface area contributed by atoms with E-state index in [-0.39, 0.29) is 11.8 Å². The first-order valence-corrected chi connectivity index (χ1v) is 12.9. The average Bonchev–Trinajstić information content (AvgIpc) is 3.20. The van der Waals surface area contributed by atoms with E-state index >= 15 is 0 Å². The molecule has 1 atom stereocenters. The predicted octanol–water partition coefficient (Wildman–Crippen LogP) is 5.30. The van der Waals surface area contributed by atoms with Crippen LogP contribution in [0.1, 0.15) is 54.9 Å². The fraction of sp³-hybridized carbons (Fsp3) is 0.444. The lowest BCUT2D eigenvalue weighted by molar-refractivity contribution is -0.126. The number of fused-ring (bicyclic) bond motifs is 3. The topological polar surface area (TPSA) is 49.3 Å². The first kappa shape index (κ1) is 22.1. The summed E-state index contributed by atoms with van der Waals surface area (Å²) >= 11 is 1.87. The van der Waals surface area contributed by atoms with E-state index in [9.17, 15) is 4.79 Å². The van der Waals surface area contributed by atoms with Crippen LogP contribution in [0.5, 0.6) is 0 Å². The maximum atomic E-state index is 12.7. The Bertz CT molecular complexity index is 1180. The van der Waals surface area contributed by atoms with E-state index in [0.29, 0.717) is 13.1 Å². The van der Waals surface area contributed by atoms with Crippen molar-refractivity contribution < 1.29 is 4.79 Å². The Morgan fingerprint density at radius 3 is 2.61 bits per heavy atom. The van der Waals surface area contributed by atoms with Crippen molar-refractivity contribution in [3.05, 3.63) is 58.2 Å². The molecule has 1 aliphatic carbocycles. The van der Waals surface area contributed by atoms with Gasteiger partial charge in [0.05, 0.1) is 5.39 Å². The van der Waals surface area contributed by atoms with E-state index in [4.69, 9.17) is 9.97 Å². The molecule has 3 aromatic rings. The van der Waals surface area contributed by atoms with Crippen molar-refractivity contribution in [2.75, 3.05) is 31.1 Å². The summed E-state index contributed by atoms with van der Waals surface area (Å²) in [5, 5.41) is 1.27. The van der Waals surface area contributed by atoms with Crippen LogP contribution in [0.25, 0.3) is 16.3 Å². The Morgan fingerprint density at radius 1 is 1.12 bits per heavy atom. The van der Waals surface area contributed by atoms with Crippen LogP contribution in [0.15, 0.2) is 36.4 Å². The zero-order chi connectivity index (χ0) is 22.9. The fourth-order valence-electron chi connectivity index (χ4n) is 4.80. The Hall–Kier alpha value is -2.73. The van der Waals surface area contributed by atoms with Gasteiger partial charge in [0.15, 0.2) is 0 Å². The highest BCUT2D eigenvalue weighted by molar-refractivity contribution is 7.19. The highest BCUT2D eigenvalue weighted by Crippen LogP contribution is 2.41. The van der Waals surface area contributed by atoms with Crippen LogP contribution in [0.3, 0.4) is 0 Å². The molecule has 0 N–H and O–H groups in total. The molecule has 172 valence electrons. The molecular formula is C27H32N4OS. The summed E-state index contributed by atoms with van der Waals surface area (Å²) in [6, 6.07) is 9.98. The lowest BCUT2D eigenvalue weighted by atomic mass is 9.89. The molecule has 6 heteroatoms. The number of anilines is 1. The molecule has 0 bridgehead atoms. The summed E-state index contributed by atoms with van der Waals surface area (Å²) in [4.78, 5) is 29.8. The first-order valence-electron chi connectivity index (χ1n) is 12.1. The molecule has 0 saturated carbocycles. The number of rotatable bonds is 4. The number of hydrogen-bond donors (Lipinski definition) is 0. The lowest BCUT2D eigenvalue weighted by Crippen LogP contribution is -2.48. The van der Waals surface area contributed by atoms with Crippen LogP contribution in [0, 0.1) is 5.92 Å². The SMILES string of the molecule is CC(C)c1nc(N2CCN(C(=O)/C=C/c3ccccc3)CC2)c2c3c(sc2n1)C[C@@H](C)CC3. The Balaban J connectivity index is 1.38. The van der Waals surface area contributed by atoms with Crippen molar-refractivity contribution in [1.82, 2.24) is 14.9 Å². The summed E-state index contributed by atoms with van der Waals surface area (Å²) in [5.41, 5.74) is 2.52. The minimum Gasteiger partial charge on any atom is -0.352 e. The molecule has 1 aromatic carbocycles. The maximum Gasteiger partial charge on any atom is 0.246 e. The molecule has 33 heavy (non-hydrogen) atoms. The third-order valence-corrected chi connectivity index (χ3v) is 7.93. The molecule has 5 rings (SSSR count). The van der Waals surface area contributed by atoms with Gasteiger partial charge in [-0.05, 0) is 42.4 Å². The second kappa shape index (κ2) is 9.26. The number of aryl methyl sites for hydroxylation is 1. The van der Waals surface area contributed by atoms with Gasteiger partial charge in [0.25, 0.3) is 0 Å². The van der Waals surface area contributed by atoms with Gasteiger partial charge >= 0.3 is 0 Å². The van der Waals surface area contributed by atoms with Gasteiger partial charge in [0, 0.05) is 43.1 Å². The van der Waals surface area contributed by atoms with Crippen molar-refractivity contribution in [1.29, 1.82) is 0 Å². The maximum absolute atomic E-state index is 12.7. The third-order valence-electron chi connectivity index (χ3n) is 6.78. The number of hydrogen-bond acceptors (Lipinski definition) is 5. The summed E-state index contributed by atoms with van der Waals surface area (Å²) in [7, 11) is 0. The zero-order valence-electron chi connectivity index (χ0n) is 19.8.